The summed E-state index contributed by atoms with van der Waals surface area (Å²) in [4.78, 5) is 8.34. The lowest BCUT2D eigenvalue weighted by molar-refractivity contribution is 0.269. The van der Waals surface area contributed by atoms with E-state index in [1.165, 1.54) is 13.4 Å². The number of aliphatic hydroxyl groups excluding tert-OH is 1. The fourth-order valence-corrected chi connectivity index (χ4v) is 1.22. The van der Waals surface area contributed by atoms with Crippen LogP contribution in [0.5, 0.6) is 5.88 Å². The van der Waals surface area contributed by atoms with Gasteiger partial charge in [-0.25, -0.2) is 4.98 Å². The number of ether oxygens (including phenoxy) is 2. The molecule has 0 unspecified atom stereocenters. The van der Waals surface area contributed by atoms with Crippen molar-refractivity contribution in [3.8, 4) is 5.88 Å². The van der Waals surface area contributed by atoms with Gasteiger partial charge in [-0.05, 0) is 13.8 Å². The van der Waals surface area contributed by atoms with Crippen LogP contribution >= 0.6 is 0 Å². The van der Waals surface area contributed by atoms with Gasteiger partial charge in [0.25, 0.3) is 0 Å². The summed E-state index contributed by atoms with van der Waals surface area (Å²) >= 11 is 0. The number of nitrogens with zero attached hydrogens (tertiary/aromatic N) is 2. The second kappa shape index (κ2) is 6.07. The lowest BCUT2D eigenvalue weighted by atomic mass is 10.2. The van der Waals surface area contributed by atoms with Crippen LogP contribution in [0.3, 0.4) is 0 Å². The zero-order valence-corrected chi connectivity index (χ0v) is 9.73. The van der Waals surface area contributed by atoms with Crippen molar-refractivity contribution in [1.82, 2.24) is 9.97 Å². The Morgan fingerprint density at radius 3 is 2.69 bits per heavy atom. The van der Waals surface area contributed by atoms with Crippen molar-refractivity contribution >= 4 is 6.08 Å². The van der Waals surface area contributed by atoms with Gasteiger partial charge in [0, 0.05) is 6.08 Å². The summed E-state index contributed by atoms with van der Waals surface area (Å²) in [5.41, 5.74) is 1.31. The average molecular weight is 224 g/mol. The number of methoxy groups -OCH3 is 1. The summed E-state index contributed by atoms with van der Waals surface area (Å²) in [6.07, 6.45) is 3.19. The van der Waals surface area contributed by atoms with Crippen LogP contribution in [0.15, 0.2) is 6.26 Å². The molecule has 0 fully saturated rings. The van der Waals surface area contributed by atoms with Crippen molar-refractivity contribution in [2.75, 3.05) is 13.7 Å². The standard InChI is InChI=1S/C11H16N2O3/c1-4-16-6-5-10-12-8(2)9(7-14)11(13-10)15-3/h5-6,14H,4,7H2,1-3H3. The highest BCUT2D eigenvalue weighted by Crippen LogP contribution is 2.18. The third-order valence-electron chi connectivity index (χ3n) is 2.02. The topological polar surface area (TPSA) is 64.5 Å². The number of aliphatic hydroxyl groups is 1. The number of rotatable bonds is 5. The van der Waals surface area contributed by atoms with E-state index in [0.717, 1.165) is 0 Å². The molecule has 0 saturated carbocycles. The second-order valence-electron chi connectivity index (χ2n) is 3.07. The van der Waals surface area contributed by atoms with E-state index in [1.807, 2.05) is 6.92 Å². The van der Waals surface area contributed by atoms with Gasteiger partial charge in [0.2, 0.25) is 5.88 Å². The SMILES string of the molecule is CCOC=Cc1nc(C)c(CO)c(OC)n1. The van der Waals surface area contributed by atoms with Gasteiger partial charge in [-0.2, -0.15) is 4.98 Å². The van der Waals surface area contributed by atoms with E-state index in [2.05, 4.69) is 9.97 Å². The predicted molar refractivity (Wildman–Crippen MR) is 59.9 cm³/mol. The van der Waals surface area contributed by atoms with E-state index in [4.69, 9.17) is 14.6 Å². The summed E-state index contributed by atoms with van der Waals surface area (Å²) in [7, 11) is 1.51. The zero-order valence-electron chi connectivity index (χ0n) is 9.73. The average Bonchev–Trinajstić information content (AvgIpc) is 2.28. The molecule has 0 aromatic carbocycles. The predicted octanol–water partition coefficient (Wildman–Crippen LogP) is 1.29. The highest BCUT2D eigenvalue weighted by Gasteiger charge is 2.09. The molecular weight excluding hydrogens is 208 g/mol. The van der Waals surface area contributed by atoms with Crippen LogP contribution in [0.25, 0.3) is 6.08 Å². The maximum Gasteiger partial charge on any atom is 0.222 e. The van der Waals surface area contributed by atoms with Crippen molar-refractivity contribution in [3.05, 3.63) is 23.3 Å². The van der Waals surface area contributed by atoms with Crippen molar-refractivity contribution in [3.63, 3.8) is 0 Å². The Hall–Kier alpha value is -1.62. The van der Waals surface area contributed by atoms with Crippen LogP contribution in [0.2, 0.25) is 0 Å². The smallest absolute Gasteiger partial charge is 0.222 e. The van der Waals surface area contributed by atoms with Gasteiger partial charge in [0.05, 0.1) is 37.8 Å². The molecule has 0 saturated heterocycles. The molecule has 1 N–H and O–H groups in total. The Labute approximate surface area is 94.8 Å². The van der Waals surface area contributed by atoms with Gasteiger partial charge < -0.3 is 14.6 Å². The van der Waals surface area contributed by atoms with Crippen LogP contribution in [0.4, 0.5) is 0 Å². The molecule has 1 aromatic rings. The van der Waals surface area contributed by atoms with E-state index in [9.17, 15) is 0 Å². The Morgan fingerprint density at radius 2 is 2.12 bits per heavy atom. The molecule has 16 heavy (non-hydrogen) atoms. The molecule has 0 aliphatic carbocycles. The monoisotopic (exact) mass is 224 g/mol. The first-order valence-corrected chi connectivity index (χ1v) is 5.03. The van der Waals surface area contributed by atoms with Crippen molar-refractivity contribution in [2.45, 2.75) is 20.5 Å². The van der Waals surface area contributed by atoms with E-state index in [-0.39, 0.29) is 6.61 Å². The van der Waals surface area contributed by atoms with Crippen molar-refractivity contribution < 1.29 is 14.6 Å². The summed E-state index contributed by atoms with van der Waals surface area (Å²) in [5, 5.41) is 9.13. The third kappa shape index (κ3) is 2.93. The molecule has 0 amide bonds. The number of hydrogen-bond acceptors (Lipinski definition) is 5. The van der Waals surface area contributed by atoms with Crippen molar-refractivity contribution in [1.29, 1.82) is 0 Å². The molecule has 0 aliphatic heterocycles. The van der Waals surface area contributed by atoms with Crippen LogP contribution in [-0.4, -0.2) is 28.8 Å². The summed E-state index contributed by atoms with van der Waals surface area (Å²) in [6.45, 7) is 4.16. The zero-order chi connectivity index (χ0) is 12.0. The largest absolute Gasteiger partial charge is 0.501 e. The second-order valence-corrected chi connectivity index (χ2v) is 3.07. The Kier molecular flexibility index (Phi) is 4.72. The minimum Gasteiger partial charge on any atom is -0.501 e. The summed E-state index contributed by atoms with van der Waals surface area (Å²) < 4.78 is 10.1. The van der Waals surface area contributed by atoms with Gasteiger partial charge in [-0.3, -0.25) is 0 Å². The van der Waals surface area contributed by atoms with Gasteiger partial charge in [0.1, 0.15) is 0 Å². The van der Waals surface area contributed by atoms with E-state index in [0.29, 0.717) is 29.6 Å². The molecule has 1 heterocycles. The fraction of sp³-hybridized carbons (Fsp3) is 0.455. The van der Waals surface area contributed by atoms with Crippen LogP contribution < -0.4 is 4.74 Å². The van der Waals surface area contributed by atoms with Gasteiger partial charge in [-0.1, -0.05) is 0 Å². The molecule has 1 aromatic heterocycles. The van der Waals surface area contributed by atoms with Crippen LogP contribution in [-0.2, 0) is 11.3 Å². The highest BCUT2D eigenvalue weighted by molar-refractivity contribution is 5.42. The summed E-state index contributed by atoms with van der Waals surface area (Å²) in [6, 6.07) is 0. The highest BCUT2D eigenvalue weighted by atomic mass is 16.5. The number of aromatic nitrogens is 2. The van der Waals surface area contributed by atoms with E-state index < -0.39 is 0 Å². The first-order chi connectivity index (χ1) is 7.72. The number of hydrogen-bond donors (Lipinski definition) is 1. The first-order valence-electron chi connectivity index (χ1n) is 5.03. The maximum absolute atomic E-state index is 9.13. The normalized spacial score (nSPS) is 10.8. The molecule has 88 valence electrons. The molecule has 0 radical (unpaired) electrons. The lowest BCUT2D eigenvalue weighted by Gasteiger charge is -2.08. The van der Waals surface area contributed by atoms with Crippen LogP contribution in [0.1, 0.15) is 24.0 Å². The molecule has 1 rings (SSSR count). The maximum atomic E-state index is 9.13. The molecule has 0 spiro atoms. The molecule has 0 aliphatic rings. The number of aryl methyl sites for hydroxylation is 1. The Bertz CT molecular complexity index is 378. The lowest BCUT2D eigenvalue weighted by Crippen LogP contribution is -2.03. The third-order valence-corrected chi connectivity index (χ3v) is 2.02. The van der Waals surface area contributed by atoms with E-state index in [1.54, 1.807) is 13.0 Å². The van der Waals surface area contributed by atoms with Crippen LogP contribution in [0, 0.1) is 6.92 Å². The molecule has 0 atom stereocenters. The minimum atomic E-state index is -0.134. The summed E-state index contributed by atoms with van der Waals surface area (Å²) in [5.74, 6) is 0.895. The molecule has 0 bridgehead atoms. The Morgan fingerprint density at radius 1 is 1.38 bits per heavy atom. The molecule has 5 heteroatoms. The van der Waals surface area contributed by atoms with Crippen molar-refractivity contribution in [2.24, 2.45) is 0 Å². The first kappa shape index (κ1) is 12.4. The van der Waals surface area contributed by atoms with E-state index >= 15 is 0 Å². The van der Waals surface area contributed by atoms with Gasteiger partial charge >= 0.3 is 0 Å². The van der Waals surface area contributed by atoms with Gasteiger partial charge in [-0.15, -0.1) is 0 Å². The minimum absolute atomic E-state index is 0.134. The quantitative estimate of drug-likeness (QED) is 0.763. The molecule has 5 nitrogen and oxygen atoms in total. The Balaban J connectivity index is 3.01. The van der Waals surface area contributed by atoms with Gasteiger partial charge in [0.15, 0.2) is 5.82 Å². The fourth-order valence-electron chi connectivity index (χ4n) is 1.22. The molecular formula is C11H16N2O3.